The Morgan fingerprint density at radius 1 is 1.06 bits per heavy atom. The van der Waals surface area contributed by atoms with Gasteiger partial charge in [0, 0.05) is 13.1 Å². The Morgan fingerprint density at radius 2 is 1.76 bits per heavy atom. The molecule has 4 heteroatoms. The Balaban J connectivity index is 0.000000722. The molecule has 0 atom stereocenters. The van der Waals surface area contributed by atoms with E-state index in [2.05, 4.69) is 10.2 Å². The SMILES string of the molecule is C1CC(CN2CCC3(CCNC3)CC2)C1.Cl.Cl. The third-order valence-electron chi connectivity index (χ3n) is 4.99. The van der Waals surface area contributed by atoms with Gasteiger partial charge in [0.05, 0.1) is 0 Å². The predicted molar refractivity (Wildman–Crippen MR) is 77.4 cm³/mol. The average molecular weight is 281 g/mol. The van der Waals surface area contributed by atoms with Crippen LogP contribution in [0.2, 0.25) is 0 Å². The summed E-state index contributed by atoms with van der Waals surface area (Å²) in [6.45, 7) is 6.72. The highest BCUT2D eigenvalue weighted by molar-refractivity contribution is 5.85. The summed E-state index contributed by atoms with van der Waals surface area (Å²) in [7, 11) is 0. The number of rotatable bonds is 2. The van der Waals surface area contributed by atoms with E-state index in [0.29, 0.717) is 5.41 Å². The van der Waals surface area contributed by atoms with Crippen molar-refractivity contribution in [2.24, 2.45) is 11.3 Å². The monoisotopic (exact) mass is 280 g/mol. The van der Waals surface area contributed by atoms with Gasteiger partial charge in [-0.25, -0.2) is 0 Å². The fourth-order valence-electron chi connectivity index (χ4n) is 3.47. The molecule has 3 rings (SSSR count). The lowest BCUT2D eigenvalue weighted by Crippen LogP contribution is -2.43. The minimum Gasteiger partial charge on any atom is -0.316 e. The molecule has 17 heavy (non-hydrogen) atoms. The molecule has 102 valence electrons. The first-order valence-corrected chi connectivity index (χ1v) is 6.79. The van der Waals surface area contributed by atoms with Crippen LogP contribution < -0.4 is 5.32 Å². The number of hydrogen-bond donors (Lipinski definition) is 1. The van der Waals surface area contributed by atoms with Gasteiger partial charge >= 0.3 is 0 Å². The molecule has 1 aliphatic carbocycles. The fourth-order valence-corrected chi connectivity index (χ4v) is 3.47. The fraction of sp³-hybridized carbons (Fsp3) is 1.00. The summed E-state index contributed by atoms with van der Waals surface area (Å²) in [5.74, 6) is 1.06. The summed E-state index contributed by atoms with van der Waals surface area (Å²) in [6, 6.07) is 0. The van der Waals surface area contributed by atoms with E-state index < -0.39 is 0 Å². The second kappa shape index (κ2) is 6.60. The smallest absolute Gasteiger partial charge is 0.000966 e. The molecule has 0 aromatic carbocycles. The van der Waals surface area contributed by atoms with Gasteiger partial charge in [-0.1, -0.05) is 6.42 Å². The maximum atomic E-state index is 3.54. The lowest BCUT2D eigenvalue weighted by molar-refractivity contribution is 0.0895. The quantitative estimate of drug-likeness (QED) is 0.837. The number of halogens is 2. The van der Waals surface area contributed by atoms with Gasteiger partial charge in [-0.15, -0.1) is 24.8 Å². The maximum Gasteiger partial charge on any atom is 0.000966 e. The van der Waals surface area contributed by atoms with Gasteiger partial charge in [0.25, 0.3) is 0 Å². The molecule has 0 amide bonds. The average Bonchev–Trinajstić information content (AvgIpc) is 2.63. The van der Waals surface area contributed by atoms with Gasteiger partial charge in [-0.05, 0) is 63.1 Å². The van der Waals surface area contributed by atoms with Crippen LogP contribution in [0.5, 0.6) is 0 Å². The van der Waals surface area contributed by atoms with Crippen molar-refractivity contribution >= 4 is 24.8 Å². The number of nitrogens with one attached hydrogen (secondary N) is 1. The van der Waals surface area contributed by atoms with Crippen LogP contribution >= 0.6 is 24.8 Å². The second-order valence-electron chi connectivity index (χ2n) is 6.02. The Hall–Kier alpha value is 0.500. The van der Waals surface area contributed by atoms with E-state index in [-0.39, 0.29) is 24.8 Å². The van der Waals surface area contributed by atoms with E-state index in [4.69, 9.17) is 0 Å². The third-order valence-corrected chi connectivity index (χ3v) is 4.99. The third kappa shape index (κ3) is 3.50. The van der Waals surface area contributed by atoms with E-state index in [0.717, 1.165) is 5.92 Å². The maximum absolute atomic E-state index is 3.54. The summed E-state index contributed by atoms with van der Waals surface area (Å²) in [6.07, 6.45) is 8.84. The number of piperidine rings is 1. The van der Waals surface area contributed by atoms with Crippen LogP contribution in [0.1, 0.15) is 38.5 Å². The Labute approximate surface area is 118 Å². The van der Waals surface area contributed by atoms with E-state index in [1.165, 1.54) is 71.2 Å². The van der Waals surface area contributed by atoms with Crippen molar-refractivity contribution in [3.05, 3.63) is 0 Å². The molecule has 0 unspecified atom stereocenters. The van der Waals surface area contributed by atoms with Gasteiger partial charge in [0.15, 0.2) is 0 Å². The first kappa shape index (κ1) is 15.6. The first-order valence-electron chi connectivity index (χ1n) is 6.79. The van der Waals surface area contributed by atoms with Crippen molar-refractivity contribution in [1.29, 1.82) is 0 Å². The Bertz CT molecular complexity index is 215. The molecule has 1 saturated carbocycles. The zero-order chi connectivity index (χ0) is 10.1. The molecule has 2 aliphatic heterocycles. The van der Waals surface area contributed by atoms with Crippen molar-refractivity contribution in [3.8, 4) is 0 Å². The highest BCUT2D eigenvalue weighted by Crippen LogP contribution is 2.38. The zero-order valence-electron chi connectivity index (χ0n) is 10.6. The minimum absolute atomic E-state index is 0. The van der Waals surface area contributed by atoms with Crippen molar-refractivity contribution in [3.63, 3.8) is 0 Å². The number of nitrogens with zero attached hydrogens (tertiary/aromatic N) is 1. The molecule has 2 saturated heterocycles. The summed E-state index contributed by atoms with van der Waals surface area (Å²) in [5, 5.41) is 3.54. The molecular formula is C13H26Cl2N2. The van der Waals surface area contributed by atoms with Gasteiger partial charge in [0.2, 0.25) is 0 Å². The van der Waals surface area contributed by atoms with E-state index in [1.807, 2.05) is 0 Å². The minimum atomic E-state index is 0. The van der Waals surface area contributed by atoms with E-state index >= 15 is 0 Å². The summed E-state index contributed by atoms with van der Waals surface area (Å²) in [5.41, 5.74) is 0.704. The lowest BCUT2D eigenvalue weighted by atomic mass is 9.77. The van der Waals surface area contributed by atoms with Crippen LogP contribution in [-0.2, 0) is 0 Å². The number of likely N-dealkylation sites (tertiary alicyclic amines) is 1. The molecular weight excluding hydrogens is 255 g/mol. The van der Waals surface area contributed by atoms with Crippen LogP contribution in [0.25, 0.3) is 0 Å². The van der Waals surface area contributed by atoms with Crippen molar-refractivity contribution in [2.75, 3.05) is 32.7 Å². The van der Waals surface area contributed by atoms with Crippen LogP contribution in [-0.4, -0.2) is 37.6 Å². The molecule has 3 fully saturated rings. The summed E-state index contributed by atoms with van der Waals surface area (Å²) < 4.78 is 0. The van der Waals surface area contributed by atoms with Crippen LogP contribution in [0.15, 0.2) is 0 Å². The zero-order valence-corrected chi connectivity index (χ0v) is 12.3. The first-order chi connectivity index (χ1) is 7.36. The summed E-state index contributed by atoms with van der Waals surface area (Å²) in [4.78, 5) is 2.73. The lowest BCUT2D eigenvalue weighted by Gasteiger charge is -2.41. The van der Waals surface area contributed by atoms with E-state index in [1.54, 1.807) is 0 Å². The Morgan fingerprint density at radius 3 is 2.24 bits per heavy atom. The van der Waals surface area contributed by atoms with Crippen molar-refractivity contribution in [1.82, 2.24) is 10.2 Å². The topological polar surface area (TPSA) is 15.3 Å². The van der Waals surface area contributed by atoms with Crippen LogP contribution in [0, 0.1) is 11.3 Å². The molecule has 0 radical (unpaired) electrons. The normalized spacial score (nSPS) is 28.2. The van der Waals surface area contributed by atoms with Crippen molar-refractivity contribution in [2.45, 2.75) is 38.5 Å². The highest BCUT2D eigenvalue weighted by Gasteiger charge is 2.37. The largest absolute Gasteiger partial charge is 0.316 e. The number of hydrogen-bond acceptors (Lipinski definition) is 2. The van der Waals surface area contributed by atoms with Gasteiger partial charge in [-0.3, -0.25) is 0 Å². The molecule has 2 heterocycles. The molecule has 0 aromatic rings. The molecule has 0 bridgehead atoms. The predicted octanol–water partition coefficient (Wildman–Crippen LogP) is 2.71. The van der Waals surface area contributed by atoms with E-state index in [9.17, 15) is 0 Å². The molecule has 1 spiro atoms. The highest BCUT2D eigenvalue weighted by atomic mass is 35.5. The molecule has 0 aromatic heterocycles. The molecule has 2 nitrogen and oxygen atoms in total. The van der Waals surface area contributed by atoms with Gasteiger partial charge < -0.3 is 10.2 Å². The summed E-state index contributed by atoms with van der Waals surface area (Å²) >= 11 is 0. The van der Waals surface area contributed by atoms with Gasteiger partial charge in [0.1, 0.15) is 0 Å². The van der Waals surface area contributed by atoms with Crippen LogP contribution in [0.4, 0.5) is 0 Å². The van der Waals surface area contributed by atoms with Gasteiger partial charge in [-0.2, -0.15) is 0 Å². The molecule has 1 N–H and O–H groups in total. The van der Waals surface area contributed by atoms with Crippen molar-refractivity contribution < 1.29 is 0 Å². The molecule has 3 aliphatic rings. The standard InChI is InChI=1S/C13H24N2.2ClH/c1-2-12(3-1)10-15-8-5-13(6-9-15)4-7-14-11-13;;/h12,14H,1-11H2;2*1H. The Kier molecular flexibility index (Phi) is 6.04. The second-order valence-corrected chi connectivity index (χ2v) is 6.02. The van der Waals surface area contributed by atoms with Crippen LogP contribution in [0.3, 0.4) is 0 Å².